The fourth-order valence-electron chi connectivity index (χ4n) is 2.43. The Morgan fingerprint density at radius 2 is 2.04 bits per heavy atom. The summed E-state index contributed by atoms with van der Waals surface area (Å²) in [7, 11) is 1.66. The Balaban J connectivity index is 2.01. The molecule has 0 aliphatic carbocycles. The monoisotopic (exact) mass is 366 g/mol. The van der Waals surface area contributed by atoms with Crippen LogP contribution in [0.4, 0.5) is 5.69 Å². The molecule has 2 aromatic heterocycles. The van der Waals surface area contributed by atoms with E-state index < -0.39 is 0 Å². The maximum Gasteiger partial charge on any atom is 0.271 e. The molecule has 9 heteroatoms. The molecule has 2 rings (SSSR count). The van der Waals surface area contributed by atoms with Crippen molar-refractivity contribution in [3.8, 4) is 0 Å². The number of carbonyl (C=O) groups is 2. The van der Waals surface area contributed by atoms with Crippen molar-refractivity contribution in [2.75, 3.05) is 11.9 Å². The molecule has 0 aromatic carbocycles. The van der Waals surface area contributed by atoms with E-state index >= 15 is 0 Å². The highest BCUT2D eigenvalue weighted by atomic mass is 35.5. The molecular formula is C16H23ClN6O2. The molecule has 0 aliphatic heterocycles. The minimum atomic E-state index is -0.262. The Bertz CT molecular complexity index is 780. The molecule has 2 aromatic rings. The molecule has 136 valence electrons. The fourth-order valence-corrected chi connectivity index (χ4v) is 2.57. The number of aryl methyl sites for hydroxylation is 3. The average molecular weight is 367 g/mol. The molecule has 25 heavy (non-hydrogen) atoms. The van der Waals surface area contributed by atoms with Gasteiger partial charge in [-0.3, -0.25) is 19.0 Å². The van der Waals surface area contributed by atoms with Crippen molar-refractivity contribution in [2.45, 2.75) is 40.2 Å². The summed E-state index contributed by atoms with van der Waals surface area (Å²) in [5.74, 6) is -0.483. The van der Waals surface area contributed by atoms with Crippen molar-refractivity contribution < 1.29 is 9.59 Å². The van der Waals surface area contributed by atoms with E-state index in [1.165, 1.54) is 10.9 Å². The second-order valence-corrected chi connectivity index (χ2v) is 6.17. The fraction of sp³-hybridized carbons (Fsp3) is 0.500. The van der Waals surface area contributed by atoms with Crippen molar-refractivity contribution in [3.05, 3.63) is 28.3 Å². The maximum absolute atomic E-state index is 12.2. The van der Waals surface area contributed by atoms with Gasteiger partial charge >= 0.3 is 0 Å². The lowest BCUT2D eigenvalue weighted by Gasteiger charge is -2.09. The summed E-state index contributed by atoms with van der Waals surface area (Å²) in [5.41, 5.74) is 2.29. The smallest absolute Gasteiger partial charge is 0.271 e. The average Bonchev–Trinajstić information content (AvgIpc) is 3.05. The van der Waals surface area contributed by atoms with Crippen LogP contribution in [-0.2, 0) is 18.4 Å². The predicted octanol–water partition coefficient (Wildman–Crippen LogP) is 2.06. The van der Waals surface area contributed by atoms with Crippen molar-refractivity contribution in [3.63, 3.8) is 0 Å². The molecule has 0 radical (unpaired) electrons. The van der Waals surface area contributed by atoms with Crippen LogP contribution in [0.2, 0.25) is 5.02 Å². The molecule has 0 unspecified atom stereocenters. The predicted molar refractivity (Wildman–Crippen MR) is 95.8 cm³/mol. The van der Waals surface area contributed by atoms with E-state index in [1.54, 1.807) is 11.7 Å². The Morgan fingerprint density at radius 1 is 1.32 bits per heavy atom. The molecule has 0 saturated carbocycles. The topological polar surface area (TPSA) is 93.8 Å². The number of nitrogens with one attached hydrogen (secondary N) is 2. The zero-order chi connectivity index (χ0) is 18.6. The lowest BCUT2D eigenvalue weighted by atomic mass is 10.3. The molecule has 0 aliphatic rings. The number of rotatable bonds is 7. The third-order valence-electron chi connectivity index (χ3n) is 3.81. The van der Waals surface area contributed by atoms with Gasteiger partial charge in [0.2, 0.25) is 5.91 Å². The van der Waals surface area contributed by atoms with Crippen LogP contribution < -0.4 is 10.6 Å². The van der Waals surface area contributed by atoms with Crippen LogP contribution in [0.15, 0.2) is 6.20 Å². The number of anilines is 1. The number of hydrogen-bond donors (Lipinski definition) is 2. The van der Waals surface area contributed by atoms with Gasteiger partial charge in [0.15, 0.2) is 0 Å². The van der Waals surface area contributed by atoms with E-state index in [0.29, 0.717) is 29.5 Å². The summed E-state index contributed by atoms with van der Waals surface area (Å²) in [6.45, 7) is 6.62. The number of carbonyl (C=O) groups excluding carboxylic acids is 2. The van der Waals surface area contributed by atoms with Gasteiger partial charge < -0.3 is 10.6 Å². The zero-order valence-electron chi connectivity index (χ0n) is 14.9. The van der Waals surface area contributed by atoms with E-state index in [9.17, 15) is 9.59 Å². The summed E-state index contributed by atoms with van der Waals surface area (Å²) in [4.78, 5) is 24.4. The van der Waals surface area contributed by atoms with Gasteiger partial charge in [0.25, 0.3) is 5.91 Å². The molecule has 0 bridgehead atoms. The lowest BCUT2D eigenvalue weighted by Crippen LogP contribution is -2.27. The van der Waals surface area contributed by atoms with E-state index in [-0.39, 0.29) is 18.2 Å². The molecule has 2 heterocycles. The van der Waals surface area contributed by atoms with Gasteiger partial charge in [-0.25, -0.2) is 0 Å². The van der Waals surface area contributed by atoms with Gasteiger partial charge in [-0.2, -0.15) is 10.2 Å². The summed E-state index contributed by atoms with van der Waals surface area (Å²) >= 11 is 6.10. The van der Waals surface area contributed by atoms with Crippen molar-refractivity contribution in [1.82, 2.24) is 24.9 Å². The second kappa shape index (κ2) is 8.15. The normalized spacial score (nSPS) is 10.8. The van der Waals surface area contributed by atoms with Crippen molar-refractivity contribution in [2.24, 2.45) is 7.05 Å². The van der Waals surface area contributed by atoms with Gasteiger partial charge in [-0.1, -0.05) is 18.5 Å². The standard InChI is InChI=1S/C16H23ClN6O2/c1-5-7-18-16(25)15-12(9-19-22(15)4)20-13(24)6-8-23-11(3)14(17)10(2)21-23/h9H,5-8H2,1-4H3,(H,18,25)(H,20,24). The number of halogens is 1. The van der Waals surface area contributed by atoms with E-state index in [1.807, 2.05) is 20.8 Å². The lowest BCUT2D eigenvalue weighted by molar-refractivity contribution is -0.116. The van der Waals surface area contributed by atoms with Crippen LogP contribution in [-0.4, -0.2) is 37.9 Å². The van der Waals surface area contributed by atoms with E-state index in [2.05, 4.69) is 20.8 Å². The van der Waals surface area contributed by atoms with Gasteiger partial charge in [0.1, 0.15) is 5.69 Å². The van der Waals surface area contributed by atoms with Crippen LogP contribution in [0.3, 0.4) is 0 Å². The first-order chi connectivity index (χ1) is 11.8. The summed E-state index contributed by atoms with van der Waals surface area (Å²) in [6.07, 6.45) is 2.51. The van der Waals surface area contributed by atoms with Crippen molar-refractivity contribution >= 4 is 29.1 Å². The van der Waals surface area contributed by atoms with Gasteiger partial charge in [-0.15, -0.1) is 0 Å². The van der Waals surface area contributed by atoms with Gasteiger partial charge in [0, 0.05) is 20.0 Å². The van der Waals surface area contributed by atoms with Crippen LogP contribution in [0.5, 0.6) is 0 Å². The maximum atomic E-state index is 12.2. The Morgan fingerprint density at radius 3 is 2.64 bits per heavy atom. The number of hydrogen-bond acceptors (Lipinski definition) is 4. The highest BCUT2D eigenvalue weighted by Gasteiger charge is 2.18. The molecule has 0 saturated heterocycles. The molecule has 0 fully saturated rings. The minimum absolute atomic E-state index is 0.212. The summed E-state index contributed by atoms with van der Waals surface area (Å²) in [6, 6.07) is 0. The highest BCUT2D eigenvalue weighted by Crippen LogP contribution is 2.19. The largest absolute Gasteiger partial charge is 0.351 e. The molecule has 0 atom stereocenters. The number of nitrogens with zero attached hydrogens (tertiary/aromatic N) is 4. The number of aromatic nitrogens is 4. The molecule has 0 spiro atoms. The third-order valence-corrected chi connectivity index (χ3v) is 4.35. The van der Waals surface area contributed by atoms with Gasteiger partial charge in [0.05, 0.1) is 34.8 Å². The molecule has 2 N–H and O–H groups in total. The van der Waals surface area contributed by atoms with E-state index in [0.717, 1.165) is 17.8 Å². The highest BCUT2D eigenvalue weighted by molar-refractivity contribution is 6.31. The van der Waals surface area contributed by atoms with Crippen LogP contribution >= 0.6 is 11.6 Å². The SMILES string of the molecule is CCCNC(=O)c1c(NC(=O)CCn2nc(C)c(Cl)c2C)cnn1C. The zero-order valence-corrected chi connectivity index (χ0v) is 15.6. The van der Waals surface area contributed by atoms with Crippen LogP contribution in [0.1, 0.15) is 41.6 Å². The number of amides is 2. The molecule has 2 amide bonds. The minimum Gasteiger partial charge on any atom is -0.351 e. The Hall–Kier alpha value is -2.35. The van der Waals surface area contributed by atoms with Gasteiger partial charge in [-0.05, 0) is 20.3 Å². The third kappa shape index (κ3) is 4.39. The first-order valence-corrected chi connectivity index (χ1v) is 8.52. The molecular weight excluding hydrogens is 344 g/mol. The molecule has 8 nitrogen and oxygen atoms in total. The first-order valence-electron chi connectivity index (χ1n) is 8.14. The first kappa shape index (κ1) is 19.0. The van der Waals surface area contributed by atoms with E-state index in [4.69, 9.17) is 11.6 Å². The quantitative estimate of drug-likeness (QED) is 0.784. The van der Waals surface area contributed by atoms with Crippen molar-refractivity contribution in [1.29, 1.82) is 0 Å². The Kier molecular flexibility index (Phi) is 6.19. The summed E-state index contributed by atoms with van der Waals surface area (Å²) in [5, 5.41) is 14.5. The Labute approximate surface area is 151 Å². The second-order valence-electron chi connectivity index (χ2n) is 5.79. The van der Waals surface area contributed by atoms with Crippen LogP contribution in [0.25, 0.3) is 0 Å². The summed E-state index contributed by atoms with van der Waals surface area (Å²) < 4.78 is 3.15. The van der Waals surface area contributed by atoms with Crippen LogP contribution in [0, 0.1) is 13.8 Å².